The van der Waals surface area contributed by atoms with Crippen LogP contribution in [-0.4, -0.2) is 86.4 Å². The summed E-state index contributed by atoms with van der Waals surface area (Å²) in [5.74, 6) is -2.01. The van der Waals surface area contributed by atoms with Gasteiger partial charge in [0.05, 0.1) is 12.4 Å². The Balaban J connectivity index is 2.12. The maximum atomic E-state index is 13.3. The molecule has 0 aromatic carbocycles. The number of amides is 3. The molecule has 0 saturated carbocycles. The van der Waals surface area contributed by atoms with Gasteiger partial charge in [-0.2, -0.15) is 11.8 Å². The molecular formula is C22H36N6O5S. The minimum atomic E-state index is -1.04. The van der Waals surface area contributed by atoms with E-state index in [0.29, 0.717) is 43.7 Å². The average molecular weight is 497 g/mol. The molecule has 1 aliphatic rings. The van der Waals surface area contributed by atoms with Crippen molar-refractivity contribution < 1.29 is 24.3 Å². The molecule has 0 spiro atoms. The van der Waals surface area contributed by atoms with Crippen molar-refractivity contribution in [1.82, 2.24) is 25.5 Å². The molecule has 1 saturated heterocycles. The molecule has 6 N–H and O–H groups in total. The number of nitrogens with two attached hydrogens (primary N) is 1. The van der Waals surface area contributed by atoms with Crippen LogP contribution in [0.2, 0.25) is 0 Å². The average Bonchev–Trinajstić information content (AvgIpc) is 3.51. The highest BCUT2D eigenvalue weighted by atomic mass is 32.2. The number of rotatable bonds is 13. The van der Waals surface area contributed by atoms with Crippen LogP contribution in [0.15, 0.2) is 12.5 Å². The lowest BCUT2D eigenvalue weighted by atomic mass is 9.97. The monoisotopic (exact) mass is 496 g/mol. The minimum Gasteiger partial charge on any atom is -0.480 e. The summed E-state index contributed by atoms with van der Waals surface area (Å²) in [4.78, 5) is 58.9. The number of H-pyrrole nitrogens is 1. The number of carboxylic acids is 1. The second-order valence-electron chi connectivity index (χ2n) is 8.63. The van der Waals surface area contributed by atoms with Gasteiger partial charge in [0, 0.05) is 24.9 Å². The van der Waals surface area contributed by atoms with Crippen molar-refractivity contribution in [3.63, 3.8) is 0 Å². The van der Waals surface area contributed by atoms with Gasteiger partial charge in [-0.15, -0.1) is 0 Å². The molecule has 190 valence electrons. The van der Waals surface area contributed by atoms with Crippen LogP contribution in [0.5, 0.6) is 0 Å². The Kier molecular flexibility index (Phi) is 10.8. The molecule has 5 atom stereocenters. The van der Waals surface area contributed by atoms with Crippen LogP contribution in [-0.2, 0) is 25.6 Å². The van der Waals surface area contributed by atoms with Gasteiger partial charge in [0.2, 0.25) is 17.7 Å². The maximum Gasteiger partial charge on any atom is 0.326 e. The van der Waals surface area contributed by atoms with E-state index in [9.17, 15) is 24.3 Å². The van der Waals surface area contributed by atoms with E-state index in [1.807, 2.05) is 20.1 Å². The summed E-state index contributed by atoms with van der Waals surface area (Å²) in [6.07, 6.45) is 7.17. The van der Waals surface area contributed by atoms with E-state index in [2.05, 4.69) is 20.6 Å². The van der Waals surface area contributed by atoms with Crippen LogP contribution >= 0.6 is 11.8 Å². The smallest absolute Gasteiger partial charge is 0.326 e. The first kappa shape index (κ1) is 27.6. The number of aromatic nitrogens is 2. The normalized spacial score (nSPS) is 19.2. The van der Waals surface area contributed by atoms with E-state index in [1.165, 1.54) is 23.0 Å². The summed E-state index contributed by atoms with van der Waals surface area (Å²) in [7, 11) is 0. The van der Waals surface area contributed by atoms with Crippen molar-refractivity contribution in [3.8, 4) is 0 Å². The molecule has 0 radical (unpaired) electrons. The van der Waals surface area contributed by atoms with E-state index >= 15 is 0 Å². The van der Waals surface area contributed by atoms with Crippen molar-refractivity contribution in [3.05, 3.63) is 18.2 Å². The molecule has 34 heavy (non-hydrogen) atoms. The zero-order valence-electron chi connectivity index (χ0n) is 20.0. The molecule has 1 fully saturated rings. The number of hydrogen-bond acceptors (Lipinski definition) is 7. The number of nitrogens with zero attached hydrogens (tertiary/aromatic N) is 2. The second-order valence-corrected chi connectivity index (χ2v) is 9.62. The van der Waals surface area contributed by atoms with E-state index in [4.69, 9.17) is 5.73 Å². The second kappa shape index (κ2) is 13.3. The summed E-state index contributed by atoms with van der Waals surface area (Å²) in [6, 6.07) is -3.52. The fourth-order valence-electron chi connectivity index (χ4n) is 3.93. The molecule has 2 heterocycles. The van der Waals surface area contributed by atoms with Crippen molar-refractivity contribution in [2.75, 3.05) is 18.6 Å². The molecule has 12 heteroatoms. The SMILES string of the molecule is CCC(C)C(NC(=O)C(N)Cc1cnc[nH]1)C(=O)NC(CCSC)C(=O)N1CCCC1C(=O)O. The van der Waals surface area contributed by atoms with Gasteiger partial charge in [0.15, 0.2) is 0 Å². The molecule has 1 aliphatic heterocycles. The lowest BCUT2D eigenvalue weighted by Crippen LogP contribution is -2.59. The molecule has 2 rings (SSSR count). The topological polar surface area (TPSA) is 171 Å². The van der Waals surface area contributed by atoms with E-state index in [1.54, 1.807) is 6.20 Å². The number of likely N-dealkylation sites (tertiary alicyclic amines) is 1. The molecular weight excluding hydrogens is 460 g/mol. The summed E-state index contributed by atoms with van der Waals surface area (Å²) in [6.45, 7) is 4.08. The van der Waals surface area contributed by atoms with Crippen LogP contribution in [0.3, 0.4) is 0 Å². The van der Waals surface area contributed by atoms with Crippen molar-refractivity contribution >= 4 is 35.5 Å². The lowest BCUT2D eigenvalue weighted by molar-refractivity contribution is -0.149. The number of hydrogen-bond donors (Lipinski definition) is 5. The number of imidazole rings is 1. The Bertz CT molecular complexity index is 836. The number of carbonyl (C=O) groups is 4. The summed E-state index contributed by atoms with van der Waals surface area (Å²) in [5, 5.41) is 15.0. The number of aromatic amines is 1. The molecule has 0 aliphatic carbocycles. The predicted octanol–water partition coefficient (Wildman–Crippen LogP) is 0.124. The van der Waals surface area contributed by atoms with Crippen LogP contribution in [0.25, 0.3) is 0 Å². The molecule has 0 bridgehead atoms. The fourth-order valence-corrected chi connectivity index (χ4v) is 4.40. The molecule has 11 nitrogen and oxygen atoms in total. The highest BCUT2D eigenvalue weighted by Crippen LogP contribution is 2.20. The zero-order valence-corrected chi connectivity index (χ0v) is 20.8. The largest absolute Gasteiger partial charge is 0.480 e. The van der Waals surface area contributed by atoms with Gasteiger partial charge in [-0.05, 0) is 37.2 Å². The van der Waals surface area contributed by atoms with Gasteiger partial charge < -0.3 is 31.4 Å². The fraction of sp³-hybridized carbons (Fsp3) is 0.682. The van der Waals surface area contributed by atoms with E-state index in [-0.39, 0.29) is 12.3 Å². The van der Waals surface area contributed by atoms with Gasteiger partial charge in [-0.1, -0.05) is 20.3 Å². The van der Waals surface area contributed by atoms with Gasteiger partial charge in [-0.25, -0.2) is 9.78 Å². The Hall–Kier alpha value is -2.60. The standard InChI is InChI=1S/C22H36N6O5S/c1-4-13(2)18(27-19(29)15(23)10-14-11-24-12-25-14)20(30)26-16(7-9-34-3)21(31)28-8-5-6-17(28)22(32)33/h11-13,15-18H,4-10,23H2,1-3H3,(H,24,25)(H,26,30)(H,27,29)(H,32,33). The number of carboxylic acid groups (broad SMARTS) is 1. The molecule has 1 aromatic heterocycles. The first-order chi connectivity index (χ1) is 16.2. The molecule has 1 aromatic rings. The third-order valence-corrected chi connectivity index (χ3v) is 6.81. The van der Waals surface area contributed by atoms with Gasteiger partial charge in [-0.3, -0.25) is 14.4 Å². The highest BCUT2D eigenvalue weighted by Gasteiger charge is 2.38. The Labute approximate surface area is 204 Å². The third kappa shape index (κ3) is 7.45. The molecule has 5 unspecified atom stereocenters. The molecule has 3 amide bonds. The quantitative estimate of drug-likeness (QED) is 0.256. The van der Waals surface area contributed by atoms with Crippen molar-refractivity contribution in [2.24, 2.45) is 11.7 Å². The summed E-state index contributed by atoms with van der Waals surface area (Å²) >= 11 is 1.53. The van der Waals surface area contributed by atoms with Gasteiger partial charge >= 0.3 is 5.97 Å². The number of thioether (sulfide) groups is 1. The van der Waals surface area contributed by atoms with Gasteiger partial charge in [0.1, 0.15) is 18.1 Å². The first-order valence-electron chi connectivity index (χ1n) is 11.5. The van der Waals surface area contributed by atoms with Crippen LogP contribution in [0.4, 0.5) is 0 Å². The van der Waals surface area contributed by atoms with Crippen LogP contribution in [0.1, 0.15) is 45.2 Å². The van der Waals surface area contributed by atoms with E-state index < -0.39 is 47.9 Å². The maximum absolute atomic E-state index is 13.3. The van der Waals surface area contributed by atoms with Crippen LogP contribution < -0.4 is 16.4 Å². The number of carbonyl (C=O) groups excluding carboxylic acids is 3. The van der Waals surface area contributed by atoms with Crippen molar-refractivity contribution in [2.45, 2.75) is 70.1 Å². The minimum absolute atomic E-state index is 0.210. The first-order valence-corrected chi connectivity index (χ1v) is 12.9. The Morgan fingerprint density at radius 1 is 1.32 bits per heavy atom. The number of nitrogens with one attached hydrogen (secondary N) is 3. The van der Waals surface area contributed by atoms with Gasteiger partial charge in [0.25, 0.3) is 0 Å². The van der Waals surface area contributed by atoms with Crippen molar-refractivity contribution in [1.29, 1.82) is 0 Å². The predicted molar refractivity (Wildman–Crippen MR) is 129 cm³/mol. The lowest BCUT2D eigenvalue weighted by Gasteiger charge is -2.30. The Morgan fingerprint density at radius 3 is 2.65 bits per heavy atom. The number of aliphatic carboxylic acids is 1. The zero-order chi connectivity index (χ0) is 25.3. The Morgan fingerprint density at radius 2 is 2.06 bits per heavy atom. The van der Waals surface area contributed by atoms with E-state index in [0.717, 1.165) is 0 Å². The van der Waals surface area contributed by atoms with Crippen LogP contribution in [0, 0.1) is 5.92 Å². The highest BCUT2D eigenvalue weighted by molar-refractivity contribution is 7.98. The summed E-state index contributed by atoms with van der Waals surface area (Å²) in [5.41, 5.74) is 6.73. The summed E-state index contributed by atoms with van der Waals surface area (Å²) < 4.78 is 0. The third-order valence-electron chi connectivity index (χ3n) is 6.17.